The van der Waals surface area contributed by atoms with E-state index in [1.54, 1.807) is 11.8 Å². The van der Waals surface area contributed by atoms with Gasteiger partial charge in [-0.2, -0.15) is 0 Å². The fourth-order valence-electron chi connectivity index (χ4n) is 6.42. The van der Waals surface area contributed by atoms with Crippen LogP contribution in [-0.4, -0.2) is 109 Å². The molecule has 278 valence electrons. The van der Waals surface area contributed by atoms with E-state index < -0.39 is 36.9 Å². The number of para-hydroxylation sites is 1. The lowest BCUT2D eigenvalue weighted by Crippen LogP contribution is -2.53. The molecule has 2 fully saturated rings. The van der Waals surface area contributed by atoms with Crippen molar-refractivity contribution in [3.63, 3.8) is 0 Å². The summed E-state index contributed by atoms with van der Waals surface area (Å²) in [7, 11) is 0. The van der Waals surface area contributed by atoms with Crippen LogP contribution in [-0.2, 0) is 16.6 Å². The number of carbonyl (C=O) groups excluding carboxylic acids is 1. The van der Waals surface area contributed by atoms with Crippen molar-refractivity contribution in [2.45, 2.75) is 105 Å². The second-order valence-corrected chi connectivity index (χ2v) is 15.3. The van der Waals surface area contributed by atoms with E-state index in [2.05, 4.69) is 35.3 Å². The summed E-state index contributed by atoms with van der Waals surface area (Å²) in [5.74, 6) is 0.947. The van der Waals surface area contributed by atoms with Crippen molar-refractivity contribution in [2.24, 2.45) is 0 Å². The van der Waals surface area contributed by atoms with Gasteiger partial charge in [0.05, 0.1) is 12.7 Å². The molecule has 0 saturated heterocycles. The lowest BCUT2D eigenvalue weighted by atomic mass is 9.85. The van der Waals surface area contributed by atoms with Crippen molar-refractivity contribution < 1.29 is 40.2 Å². The third kappa shape index (κ3) is 10.7. The number of carbonyl (C=O) groups is 1. The number of amides is 1. The van der Waals surface area contributed by atoms with Crippen molar-refractivity contribution >= 4 is 29.3 Å². The summed E-state index contributed by atoms with van der Waals surface area (Å²) >= 11 is 8.42. The summed E-state index contributed by atoms with van der Waals surface area (Å²) in [5.41, 5.74) is 4.73. The van der Waals surface area contributed by atoms with E-state index >= 15 is 0 Å². The van der Waals surface area contributed by atoms with Gasteiger partial charge >= 0.3 is 0 Å². The van der Waals surface area contributed by atoms with Gasteiger partial charge in [0, 0.05) is 47.6 Å². The predicted octanol–water partition coefficient (Wildman–Crippen LogP) is 4.52. The zero-order valence-electron chi connectivity index (χ0n) is 28.9. The average Bonchev–Trinajstić information content (AvgIpc) is 4.10. The molecule has 2 aliphatic rings. The normalized spacial score (nSPS) is 17.4. The molecule has 3 aromatic rings. The van der Waals surface area contributed by atoms with E-state index in [0.29, 0.717) is 31.9 Å². The van der Waals surface area contributed by atoms with Crippen LogP contribution < -0.4 is 4.74 Å². The summed E-state index contributed by atoms with van der Waals surface area (Å²) in [6.45, 7) is -0.289. The van der Waals surface area contributed by atoms with E-state index in [1.165, 1.54) is 16.0 Å². The minimum absolute atomic E-state index is 0.0376. The van der Waals surface area contributed by atoms with Crippen molar-refractivity contribution in [1.82, 2.24) is 9.88 Å². The van der Waals surface area contributed by atoms with Gasteiger partial charge in [-0.25, -0.2) is 0 Å². The number of hydrogen-bond donors (Lipinski definition) is 6. The topological polar surface area (TPSA) is 164 Å². The van der Waals surface area contributed by atoms with Crippen LogP contribution in [0.15, 0.2) is 65.8 Å². The molecule has 2 aliphatic carbocycles. The molecule has 1 amide bonds. The first kappa shape index (κ1) is 39.5. The van der Waals surface area contributed by atoms with Gasteiger partial charge in [-0.1, -0.05) is 29.8 Å². The SMILES string of the molecule is O=C([C@@H](O)[C@@H](O)[C@H](O)[C@@H](O)CO)N(CCCCO)CCCCSc1ccc(Cl)c(CCC2(c3cnccc3-c3ccccc3OC3CC3)CC2)c1. The third-order valence-electron chi connectivity index (χ3n) is 9.88. The Kier molecular flexibility index (Phi) is 14.6. The minimum atomic E-state index is -1.96. The van der Waals surface area contributed by atoms with Gasteiger partial charge in [0.2, 0.25) is 0 Å². The molecule has 0 bridgehead atoms. The van der Waals surface area contributed by atoms with Crippen molar-refractivity contribution in [1.29, 1.82) is 0 Å². The van der Waals surface area contributed by atoms with Gasteiger partial charge < -0.3 is 40.3 Å². The number of aromatic nitrogens is 1. The van der Waals surface area contributed by atoms with Crippen LogP contribution in [0.5, 0.6) is 5.75 Å². The summed E-state index contributed by atoms with van der Waals surface area (Å²) in [4.78, 5) is 20.0. The highest BCUT2D eigenvalue weighted by molar-refractivity contribution is 7.99. The molecule has 51 heavy (non-hydrogen) atoms. The van der Waals surface area contributed by atoms with Gasteiger partial charge in [-0.15, -0.1) is 11.8 Å². The van der Waals surface area contributed by atoms with Crippen molar-refractivity contribution in [2.75, 3.05) is 32.1 Å². The number of benzene rings is 2. The maximum Gasteiger partial charge on any atom is 0.254 e. The second kappa shape index (κ2) is 18.8. The number of hydrogen-bond acceptors (Lipinski definition) is 10. The predicted molar refractivity (Wildman–Crippen MR) is 198 cm³/mol. The highest BCUT2D eigenvalue weighted by atomic mass is 35.5. The fourth-order valence-corrected chi connectivity index (χ4v) is 7.60. The van der Waals surface area contributed by atoms with Gasteiger partial charge in [-0.05, 0) is 122 Å². The first-order valence-electron chi connectivity index (χ1n) is 18.0. The van der Waals surface area contributed by atoms with E-state index in [-0.39, 0.29) is 18.6 Å². The molecule has 2 aromatic carbocycles. The Labute approximate surface area is 309 Å². The highest BCUT2D eigenvalue weighted by Crippen LogP contribution is 2.55. The quantitative estimate of drug-likeness (QED) is 0.0638. The fraction of sp³-hybridized carbons (Fsp3) is 0.538. The van der Waals surface area contributed by atoms with Crippen LogP contribution in [0.4, 0.5) is 0 Å². The molecule has 0 aliphatic heterocycles. The number of pyridine rings is 1. The number of halogens is 1. The Morgan fingerprint density at radius 1 is 0.961 bits per heavy atom. The highest BCUT2D eigenvalue weighted by Gasteiger charge is 2.45. The molecule has 4 atom stereocenters. The average molecular weight is 743 g/mol. The number of aliphatic hydroxyl groups excluding tert-OH is 6. The lowest BCUT2D eigenvalue weighted by molar-refractivity contribution is -0.158. The Balaban J connectivity index is 1.15. The molecule has 2 saturated carbocycles. The lowest BCUT2D eigenvalue weighted by Gasteiger charge is -2.30. The third-order valence-corrected chi connectivity index (χ3v) is 11.3. The van der Waals surface area contributed by atoms with Crippen LogP contribution in [0.2, 0.25) is 5.02 Å². The van der Waals surface area contributed by atoms with E-state index in [0.717, 1.165) is 77.5 Å². The molecule has 0 radical (unpaired) electrons. The molecular formula is C39H51ClN2O8S. The summed E-state index contributed by atoms with van der Waals surface area (Å²) in [6.07, 6.45) is 5.29. The van der Waals surface area contributed by atoms with Crippen molar-refractivity contribution in [3.8, 4) is 16.9 Å². The zero-order valence-corrected chi connectivity index (χ0v) is 30.5. The Bertz CT molecular complexity index is 1570. The number of thioether (sulfide) groups is 1. The van der Waals surface area contributed by atoms with Crippen LogP contribution in [0.1, 0.15) is 68.9 Å². The maximum absolute atomic E-state index is 13.0. The van der Waals surface area contributed by atoms with E-state index in [4.69, 9.17) is 21.4 Å². The standard InChI is InChI=1S/C39H51ClN2O8S/c40-32-12-11-28(51-22-6-4-20-42(19-3-5-21-43)38(49)37(48)36(47)35(46)33(45)25-44)23-26(32)13-15-39(16-17-39)31-24-41-18-14-29(31)30-7-1-2-8-34(30)50-27-9-10-27/h1-2,7-8,11-12,14,18,23-24,27,33,35-37,43-48H,3-6,9-10,13,15-17,19-22,25H2/t33-,35+,36-,37-/m0/s1. The van der Waals surface area contributed by atoms with Crippen LogP contribution in [0, 0.1) is 0 Å². The smallest absolute Gasteiger partial charge is 0.254 e. The first-order valence-corrected chi connectivity index (χ1v) is 19.4. The Morgan fingerprint density at radius 2 is 1.71 bits per heavy atom. The van der Waals surface area contributed by atoms with Gasteiger partial charge in [0.1, 0.15) is 24.1 Å². The largest absolute Gasteiger partial charge is 0.490 e. The van der Waals surface area contributed by atoms with Gasteiger partial charge in [-0.3, -0.25) is 9.78 Å². The van der Waals surface area contributed by atoms with Crippen LogP contribution in [0.25, 0.3) is 11.1 Å². The number of nitrogens with zero attached hydrogens (tertiary/aromatic N) is 2. The molecule has 0 spiro atoms. The minimum Gasteiger partial charge on any atom is -0.490 e. The maximum atomic E-state index is 13.0. The molecule has 6 N–H and O–H groups in total. The number of ether oxygens (including phenoxy) is 1. The van der Waals surface area contributed by atoms with Crippen LogP contribution >= 0.6 is 23.4 Å². The molecule has 12 heteroatoms. The monoisotopic (exact) mass is 742 g/mol. The number of aliphatic hydroxyl groups is 6. The van der Waals surface area contributed by atoms with E-state index in [9.17, 15) is 30.3 Å². The van der Waals surface area contributed by atoms with E-state index in [1.807, 2.05) is 30.6 Å². The molecule has 1 heterocycles. The molecule has 1 aromatic heterocycles. The van der Waals surface area contributed by atoms with Crippen LogP contribution in [0.3, 0.4) is 0 Å². The van der Waals surface area contributed by atoms with Gasteiger partial charge in [0.15, 0.2) is 6.10 Å². The summed E-state index contributed by atoms with van der Waals surface area (Å²) in [6, 6.07) is 16.5. The molecular weight excluding hydrogens is 692 g/mol. The van der Waals surface area contributed by atoms with Crippen molar-refractivity contribution in [3.05, 3.63) is 77.1 Å². The molecule has 0 unspecified atom stereocenters. The number of aryl methyl sites for hydroxylation is 1. The summed E-state index contributed by atoms with van der Waals surface area (Å²) in [5, 5.41) is 59.2. The Hall–Kier alpha value is -2.74. The molecule has 5 rings (SSSR count). The first-order chi connectivity index (χ1) is 24.7. The number of unbranched alkanes of at least 4 members (excludes halogenated alkanes) is 2. The summed E-state index contributed by atoms with van der Waals surface area (Å²) < 4.78 is 6.27. The zero-order chi connectivity index (χ0) is 36.4. The Morgan fingerprint density at radius 3 is 2.41 bits per heavy atom. The van der Waals surface area contributed by atoms with Gasteiger partial charge in [0.25, 0.3) is 5.91 Å². The number of rotatable bonds is 22. The second-order valence-electron chi connectivity index (χ2n) is 13.8. The molecule has 10 nitrogen and oxygen atoms in total.